The number of nitrogens with zero attached hydrogens (tertiary/aromatic N) is 2. The van der Waals surface area contributed by atoms with Crippen LogP contribution in [-0.2, 0) is 9.63 Å². The fourth-order valence-electron chi connectivity index (χ4n) is 3.17. The molecule has 1 aliphatic heterocycles. The van der Waals surface area contributed by atoms with Crippen molar-refractivity contribution >= 4 is 23.3 Å². The lowest BCUT2D eigenvalue weighted by molar-refractivity contribution is -0.133. The van der Waals surface area contributed by atoms with Gasteiger partial charge in [0, 0.05) is 36.3 Å². The summed E-state index contributed by atoms with van der Waals surface area (Å²) < 4.78 is 0. The molecule has 6 heteroatoms. The first kappa shape index (κ1) is 20.1. The molecule has 0 aromatic heterocycles. The summed E-state index contributed by atoms with van der Waals surface area (Å²) in [6.07, 6.45) is 2.52. The molecule has 0 bridgehead atoms. The lowest BCUT2D eigenvalue weighted by Crippen LogP contribution is -2.34. The number of carbonyl (C=O) groups is 1. The van der Waals surface area contributed by atoms with E-state index in [2.05, 4.69) is 10.1 Å². The van der Waals surface area contributed by atoms with Crippen LogP contribution in [0.3, 0.4) is 0 Å². The van der Waals surface area contributed by atoms with Gasteiger partial charge in [0.2, 0.25) is 0 Å². The molecule has 0 spiro atoms. The molecule has 0 fully saturated rings. The maximum Gasteiger partial charge on any atom is 0.332 e. The molecule has 28 heavy (non-hydrogen) atoms. The molecule has 0 saturated carbocycles. The van der Waals surface area contributed by atoms with E-state index in [4.69, 9.17) is 21.5 Å². The zero-order chi connectivity index (χ0) is 19.9. The molecule has 1 aliphatic rings. The van der Waals surface area contributed by atoms with Crippen LogP contribution in [0.5, 0.6) is 0 Å². The van der Waals surface area contributed by atoms with Crippen molar-refractivity contribution in [3.63, 3.8) is 0 Å². The van der Waals surface area contributed by atoms with Crippen LogP contribution < -0.4 is 0 Å². The van der Waals surface area contributed by atoms with E-state index in [1.165, 1.54) is 0 Å². The minimum Gasteiger partial charge on any atom is -0.478 e. The quantitative estimate of drug-likeness (QED) is 0.432. The molecule has 0 unspecified atom stereocenters. The van der Waals surface area contributed by atoms with Crippen LogP contribution in [0.2, 0.25) is 5.02 Å². The van der Waals surface area contributed by atoms with Crippen molar-refractivity contribution in [2.75, 3.05) is 26.2 Å². The van der Waals surface area contributed by atoms with Crippen LogP contribution in [0, 0.1) is 6.92 Å². The number of hydrogen-bond donors (Lipinski definition) is 1. The molecule has 0 saturated heterocycles. The van der Waals surface area contributed by atoms with Crippen molar-refractivity contribution in [3.05, 3.63) is 81.9 Å². The van der Waals surface area contributed by atoms with Crippen LogP contribution in [0.15, 0.2) is 65.3 Å². The number of oxime groups is 1. The monoisotopic (exact) mass is 398 g/mol. The molecule has 3 rings (SSSR count). The Balaban J connectivity index is 1.72. The Bertz CT molecular complexity index is 861. The molecular weight excluding hydrogens is 376 g/mol. The Morgan fingerprint density at radius 2 is 1.89 bits per heavy atom. The van der Waals surface area contributed by atoms with Gasteiger partial charge in [-0.1, -0.05) is 65.3 Å². The van der Waals surface area contributed by atoms with Crippen molar-refractivity contribution in [2.45, 2.75) is 13.3 Å². The first-order chi connectivity index (χ1) is 13.6. The third-order valence-electron chi connectivity index (χ3n) is 4.69. The highest BCUT2D eigenvalue weighted by Gasteiger charge is 2.17. The molecule has 1 N–H and O–H groups in total. The summed E-state index contributed by atoms with van der Waals surface area (Å²) in [5, 5.41) is 14.2. The van der Waals surface area contributed by atoms with Gasteiger partial charge in [0.15, 0.2) is 0 Å². The smallest absolute Gasteiger partial charge is 0.332 e. The van der Waals surface area contributed by atoms with Gasteiger partial charge in [-0.2, -0.15) is 0 Å². The van der Waals surface area contributed by atoms with Gasteiger partial charge in [0.1, 0.15) is 12.3 Å². The third-order valence-corrected chi connectivity index (χ3v) is 5.02. The van der Waals surface area contributed by atoms with Crippen molar-refractivity contribution in [1.82, 2.24) is 4.90 Å². The van der Waals surface area contributed by atoms with E-state index in [1.54, 1.807) is 6.08 Å². The average Bonchev–Trinajstić information content (AvgIpc) is 2.70. The second-order valence-electron chi connectivity index (χ2n) is 6.67. The van der Waals surface area contributed by atoms with Crippen molar-refractivity contribution in [2.24, 2.45) is 5.16 Å². The Kier molecular flexibility index (Phi) is 6.85. The van der Waals surface area contributed by atoms with Gasteiger partial charge >= 0.3 is 5.97 Å². The van der Waals surface area contributed by atoms with Crippen molar-refractivity contribution in [1.29, 1.82) is 0 Å². The summed E-state index contributed by atoms with van der Waals surface area (Å²) in [5.41, 5.74) is 3.98. The van der Waals surface area contributed by atoms with Crippen LogP contribution >= 0.6 is 11.6 Å². The summed E-state index contributed by atoms with van der Waals surface area (Å²) in [5.74, 6) is -0.857. The van der Waals surface area contributed by atoms with E-state index < -0.39 is 5.97 Å². The van der Waals surface area contributed by atoms with E-state index >= 15 is 0 Å². The molecule has 0 atom stereocenters. The molecular formula is C22H23ClN2O3. The fraction of sp³-hybridized carbons (Fsp3) is 0.273. The highest BCUT2D eigenvalue weighted by atomic mass is 35.5. The van der Waals surface area contributed by atoms with Gasteiger partial charge in [-0.3, -0.25) is 4.90 Å². The number of aliphatic carboxylic acids is 1. The van der Waals surface area contributed by atoms with Crippen molar-refractivity contribution in [3.8, 4) is 0 Å². The summed E-state index contributed by atoms with van der Waals surface area (Å²) in [4.78, 5) is 18.8. The van der Waals surface area contributed by atoms with E-state index in [-0.39, 0.29) is 0 Å². The summed E-state index contributed by atoms with van der Waals surface area (Å²) in [6, 6.07) is 15.5. The zero-order valence-electron chi connectivity index (χ0n) is 15.8. The van der Waals surface area contributed by atoms with Gasteiger partial charge in [0.25, 0.3) is 0 Å². The Labute approximate surface area is 169 Å². The first-order valence-electron chi connectivity index (χ1n) is 9.22. The minimum absolute atomic E-state index is 0.368. The number of carboxylic acids is 1. The molecule has 2 aromatic rings. The second-order valence-corrected chi connectivity index (χ2v) is 7.07. The molecule has 0 radical (unpaired) electrons. The number of hydrogen-bond acceptors (Lipinski definition) is 4. The molecule has 0 amide bonds. The molecule has 2 aromatic carbocycles. The Morgan fingerprint density at radius 3 is 2.61 bits per heavy atom. The maximum absolute atomic E-state index is 11.1. The summed E-state index contributed by atoms with van der Waals surface area (Å²) >= 11 is 6.40. The van der Waals surface area contributed by atoms with E-state index in [1.807, 2.05) is 55.5 Å². The van der Waals surface area contributed by atoms with Gasteiger partial charge in [-0.15, -0.1) is 0 Å². The van der Waals surface area contributed by atoms with Crippen LogP contribution in [-0.4, -0.2) is 47.9 Å². The average molecular weight is 399 g/mol. The lowest BCUT2D eigenvalue weighted by atomic mass is 9.98. The Hall–Kier alpha value is -2.63. The Morgan fingerprint density at radius 1 is 1.18 bits per heavy atom. The number of halogens is 1. The van der Waals surface area contributed by atoms with Crippen molar-refractivity contribution < 1.29 is 14.7 Å². The van der Waals surface area contributed by atoms with E-state index in [0.717, 1.165) is 29.7 Å². The normalized spacial score (nSPS) is 15.2. The number of benzene rings is 2. The van der Waals surface area contributed by atoms with Gasteiger partial charge < -0.3 is 9.94 Å². The zero-order valence-corrected chi connectivity index (χ0v) is 16.5. The fourth-order valence-corrected chi connectivity index (χ4v) is 3.39. The van der Waals surface area contributed by atoms with Crippen LogP contribution in [0.4, 0.5) is 0 Å². The largest absolute Gasteiger partial charge is 0.478 e. The highest BCUT2D eigenvalue weighted by molar-refractivity contribution is 6.35. The lowest BCUT2D eigenvalue weighted by Gasteiger charge is -2.24. The second kappa shape index (κ2) is 9.53. The molecule has 146 valence electrons. The minimum atomic E-state index is -0.857. The standard InChI is InChI=1S/C22H23ClN2O3/c1-16-7-2-3-9-18(16)21(19-10-4-5-11-20(19)23)24-28-14-13-25-12-6-8-17(15-25)22(26)27/h2-5,7-11H,6,12-15H2,1H3,(H,26,27). The first-order valence-corrected chi connectivity index (χ1v) is 9.59. The number of rotatable bonds is 7. The van der Waals surface area contributed by atoms with E-state index in [0.29, 0.717) is 36.0 Å². The van der Waals surface area contributed by atoms with Gasteiger partial charge in [-0.05, 0) is 25.0 Å². The number of aryl methyl sites for hydroxylation is 1. The van der Waals surface area contributed by atoms with Gasteiger partial charge in [-0.25, -0.2) is 4.79 Å². The van der Waals surface area contributed by atoms with Crippen LogP contribution in [0.1, 0.15) is 23.1 Å². The summed E-state index contributed by atoms with van der Waals surface area (Å²) in [7, 11) is 0. The van der Waals surface area contributed by atoms with E-state index in [9.17, 15) is 4.79 Å². The maximum atomic E-state index is 11.1. The molecule has 1 heterocycles. The van der Waals surface area contributed by atoms with Crippen LogP contribution in [0.25, 0.3) is 0 Å². The van der Waals surface area contributed by atoms with Gasteiger partial charge in [0.05, 0.1) is 5.02 Å². The molecule has 0 aliphatic carbocycles. The highest BCUT2D eigenvalue weighted by Crippen LogP contribution is 2.22. The number of carboxylic acid groups (broad SMARTS) is 1. The SMILES string of the molecule is Cc1ccccc1C(=NOCCN1CCC=C(C(=O)O)C1)c1ccccc1Cl. The predicted molar refractivity (Wildman–Crippen MR) is 111 cm³/mol. The predicted octanol–water partition coefficient (Wildman–Crippen LogP) is 4.13. The molecule has 5 nitrogen and oxygen atoms in total. The third kappa shape index (κ3) is 5.00. The summed E-state index contributed by atoms with van der Waals surface area (Å²) in [6.45, 7) is 4.25. The topological polar surface area (TPSA) is 62.1 Å².